The van der Waals surface area contributed by atoms with Crippen molar-refractivity contribution in [2.24, 2.45) is 0 Å². The largest absolute Gasteiger partial charge is 0.494 e. The fraction of sp³-hybridized carbons (Fsp3) is 0.316. The lowest BCUT2D eigenvalue weighted by Gasteiger charge is -2.10. The number of fused-ring (bicyclic) bond motifs is 1. The second-order valence-corrected chi connectivity index (χ2v) is 5.69. The highest BCUT2D eigenvalue weighted by Gasteiger charge is 2.08. The molecule has 3 rings (SSSR count). The van der Waals surface area contributed by atoms with Gasteiger partial charge in [0.1, 0.15) is 11.6 Å². The molecular weight excluding hydrogens is 316 g/mol. The third kappa shape index (κ3) is 4.35. The first-order chi connectivity index (χ1) is 12.3. The third-order valence-electron chi connectivity index (χ3n) is 3.95. The molecule has 0 unspecified atom stereocenters. The van der Waals surface area contributed by atoms with Gasteiger partial charge in [-0.3, -0.25) is 9.20 Å². The Balaban J connectivity index is 1.47. The van der Waals surface area contributed by atoms with E-state index in [1.165, 1.54) is 0 Å². The zero-order valence-corrected chi connectivity index (χ0v) is 14.3. The molecule has 1 N–H and O–H groups in total. The van der Waals surface area contributed by atoms with Crippen molar-refractivity contribution in [2.45, 2.75) is 26.2 Å². The van der Waals surface area contributed by atoms with Gasteiger partial charge in [-0.25, -0.2) is 0 Å². The first-order valence-corrected chi connectivity index (χ1v) is 8.54. The molecule has 0 radical (unpaired) electrons. The van der Waals surface area contributed by atoms with Gasteiger partial charge in [-0.1, -0.05) is 24.3 Å². The molecule has 0 saturated heterocycles. The van der Waals surface area contributed by atoms with Gasteiger partial charge in [-0.05, 0) is 37.1 Å². The SMILES string of the molecule is CCOc1ccccc1CCC(=O)NCCc1nnc2ccccn12. The van der Waals surface area contributed by atoms with Crippen molar-refractivity contribution in [3.05, 3.63) is 60.0 Å². The molecule has 2 aromatic heterocycles. The molecule has 0 saturated carbocycles. The fourth-order valence-corrected chi connectivity index (χ4v) is 2.72. The normalized spacial score (nSPS) is 10.8. The van der Waals surface area contributed by atoms with Crippen molar-refractivity contribution >= 4 is 11.6 Å². The maximum atomic E-state index is 12.1. The summed E-state index contributed by atoms with van der Waals surface area (Å²) in [4.78, 5) is 12.1. The van der Waals surface area contributed by atoms with Gasteiger partial charge in [0, 0.05) is 25.6 Å². The van der Waals surface area contributed by atoms with Crippen LogP contribution in [0.1, 0.15) is 24.7 Å². The highest BCUT2D eigenvalue weighted by molar-refractivity contribution is 5.76. The summed E-state index contributed by atoms with van der Waals surface area (Å²) in [5, 5.41) is 11.2. The number of carbonyl (C=O) groups is 1. The molecule has 0 spiro atoms. The lowest BCUT2D eigenvalue weighted by atomic mass is 10.1. The first-order valence-electron chi connectivity index (χ1n) is 8.54. The van der Waals surface area contributed by atoms with E-state index < -0.39 is 0 Å². The van der Waals surface area contributed by atoms with Gasteiger partial charge >= 0.3 is 0 Å². The molecule has 1 aromatic carbocycles. The molecule has 0 fully saturated rings. The Hall–Kier alpha value is -2.89. The summed E-state index contributed by atoms with van der Waals surface area (Å²) < 4.78 is 7.53. The van der Waals surface area contributed by atoms with E-state index >= 15 is 0 Å². The summed E-state index contributed by atoms with van der Waals surface area (Å²) in [6.45, 7) is 3.12. The standard InChI is InChI=1S/C19H22N4O2/c1-2-25-16-8-4-3-7-15(16)10-11-19(24)20-13-12-18-22-21-17-9-5-6-14-23(17)18/h3-9,14H,2,10-13H2,1H3,(H,20,24). The maximum Gasteiger partial charge on any atom is 0.220 e. The molecule has 1 amide bonds. The van der Waals surface area contributed by atoms with Crippen LogP contribution in [0.3, 0.4) is 0 Å². The van der Waals surface area contributed by atoms with Crippen molar-refractivity contribution in [2.75, 3.05) is 13.2 Å². The molecule has 6 heteroatoms. The number of aromatic nitrogens is 3. The van der Waals surface area contributed by atoms with Crippen molar-refractivity contribution in [1.82, 2.24) is 19.9 Å². The molecule has 0 aliphatic heterocycles. The monoisotopic (exact) mass is 338 g/mol. The zero-order chi connectivity index (χ0) is 17.5. The first kappa shape index (κ1) is 17.0. The molecule has 3 aromatic rings. The minimum absolute atomic E-state index is 0.0279. The van der Waals surface area contributed by atoms with Crippen LogP contribution in [0.2, 0.25) is 0 Å². The number of hydrogen-bond acceptors (Lipinski definition) is 4. The lowest BCUT2D eigenvalue weighted by Crippen LogP contribution is -2.26. The number of nitrogens with zero attached hydrogens (tertiary/aromatic N) is 3. The molecule has 2 heterocycles. The number of rotatable bonds is 8. The average molecular weight is 338 g/mol. The third-order valence-corrected chi connectivity index (χ3v) is 3.95. The molecule has 6 nitrogen and oxygen atoms in total. The summed E-state index contributed by atoms with van der Waals surface area (Å²) in [7, 11) is 0. The van der Waals surface area contributed by atoms with Gasteiger partial charge in [0.15, 0.2) is 5.65 Å². The van der Waals surface area contributed by atoms with Crippen LogP contribution >= 0.6 is 0 Å². The van der Waals surface area contributed by atoms with Crippen LogP contribution in [0, 0.1) is 0 Å². The van der Waals surface area contributed by atoms with Gasteiger partial charge in [-0.2, -0.15) is 0 Å². The van der Waals surface area contributed by atoms with Crippen LogP contribution in [0.15, 0.2) is 48.7 Å². The highest BCUT2D eigenvalue weighted by atomic mass is 16.5. The van der Waals surface area contributed by atoms with E-state index in [0.29, 0.717) is 32.4 Å². The van der Waals surface area contributed by atoms with Crippen molar-refractivity contribution < 1.29 is 9.53 Å². The Bertz CT molecular complexity index is 844. The van der Waals surface area contributed by atoms with E-state index in [1.807, 2.05) is 60.0 Å². The van der Waals surface area contributed by atoms with E-state index in [1.54, 1.807) is 0 Å². The van der Waals surface area contributed by atoms with Crippen LogP contribution in [0.4, 0.5) is 0 Å². The van der Waals surface area contributed by atoms with Gasteiger partial charge in [0.25, 0.3) is 0 Å². The number of para-hydroxylation sites is 1. The predicted molar refractivity (Wildman–Crippen MR) is 95.6 cm³/mol. The Kier molecular flexibility index (Phi) is 5.61. The van der Waals surface area contributed by atoms with E-state index in [-0.39, 0.29) is 5.91 Å². The Labute approximate surface area is 146 Å². The van der Waals surface area contributed by atoms with Crippen molar-refractivity contribution in [3.8, 4) is 5.75 Å². The molecule has 0 atom stereocenters. The van der Waals surface area contributed by atoms with E-state index in [0.717, 1.165) is 22.8 Å². The average Bonchev–Trinajstić information content (AvgIpc) is 3.05. The van der Waals surface area contributed by atoms with E-state index in [2.05, 4.69) is 15.5 Å². The maximum absolute atomic E-state index is 12.1. The Morgan fingerprint density at radius 1 is 1.12 bits per heavy atom. The van der Waals surface area contributed by atoms with Crippen molar-refractivity contribution in [1.29, 1.82) is 0 Å². The highest BCUT2D eigenvalue weighted by Crippen LogP contribution is 2.19. The molecule has 0 bridgehead atoms. The number of amides is 1. The minimum Gasteiger partial charge on any atom is -0.494 e. The molecular formula is C19H22N4O2. The van der Waals surface area contributed by atoms with E-state index in [9.17, 15) is 4.79 Å². The number of nitrogens with one attached hydrogen (secondary N) is 1. The second-order valence-electron chi connectivity index (χ2n) is 5.69. The fourth-order valence-electron chi connectivity index (χ4n) is 2.72. The summed E-state index contributed by atoms with van der Waals surface area (Å²) >= 11 is 0. The Morgan fingerprint density at radius 2 is 1.96 bits per heavy atom. The number of carbonyl (C=O) groups excluding carboxylic acids is 1. The topological polar surface area (TPSA) is 68.5 Å². The number of benzene rings is 1. The number of hydrogen-bond donors (Lipinski definition) is 1. The summed E-state index contributed by atoms with van der Waals surface area (Å²) in [5.41, 5.74) is 1.87. The Morgan fingerprint density at radius 3 is 2.84 bits per heavy atom. The summed E-state index contributed by atoms with van der Waals surface area (Å²) in [6, 6.07) is 13.6. The van der Waals surface area contributed by atoms with Gasteiger partial charge in [0.2, 0.25) is 5.91 Å². The zero-order valence-electron chi connectivity index (χ0n) is 14.3. The number of ether oxygens (including phenoxy) is 1. The van der Waals surface area contributed by atoms with Gasteiger partial charge in [-0.15, -0.1) is 10.2 Å². The van der Waals surface area contributed by atoms with Crippen molar-refractivity contribution in [3.63, 3.8) is 0 Å². The van der Waals surface area contributed by atoms with Crippen LogP contribution in [-0.4, -0.2) is 33.7 Å². The second kappa shape index (κ2) is 8.28. The molecule has 0 aliphatic carbocycles. The molecule has 25 heavy (non-hydrogen) atoms. The predicted octanol–water partition coefficient (Wildman–Crippen LogP) is 2.42. The summed E-state index contributed by atoms with van der Waals surface area (Å²) in [5.74, 6) is 1.73. The minimum atomic E-state index is 0.0279. The van der Waals surface area contributed by atoms with Gasteiger partial charge < -0.3 is 10.1 Å². The van der Waals surface area contributed by atoms with Crippen LogP contribution in [0.5, 0.6) is 5.75 Å². The van der Waals surface area contributed by atoms with Crippen LogP contribution in [0.25, 0.3) is 5.65 Å². The smallest absolute Gasteiger partial charge is 0.220 e. The summed E-state index contributed by atoms with van der Waals surface area (Å²) in [6.07, 6.45) is 3.67. The van der Waals surface area contributed by atoms with Gasteiger partial charge in [0.05, 0.1) is 6.61 Å². The lowest BCUT2D eigenvalue weighted by molar-refractivity contribution is -0.121. The molecule has 130 valence electrons. The van der Waals surface area contributed by atoms with E-state index in [4.69, 9.17) is 4.74 Å². The number of pyridine rings is 1. The quantitative estimate of drug-likeness (QED) is 0.685. The number of aryl methyl sites for hydroxylation is 1. The molecule has 0 aliphatic rings. The van der Waals surface area contributed by atoms with Crippen LogP contribution in [-0.2, 0) is 17.6 Å². The van der Waals surface area contributed by atoms with Crippen LogP contribution < -0.4 is 10.1 Å².